The number of nitro benzene ring substituents is 1. The zero-order valence-electron chi connectivity index (χ0n) is 15.5. The molecule has 32 heavy (non-hydrogen) atoms. The maximum absolute atomic E-state index is 12.7. The Morgan fingerprint density at radius 3 is 2.28 bits per heavy atom. The number of alkyl halides is 3. The molecule has 0 saturated carbocycles. The van der Waals surface area contributed by atoms with Crippen molar-refractivity contribution in [2.24, 2.45) is 0 Å². The predicted octanol–water partition coefficient (Wildman–Crippen LogP) is 5.73. The zero-order chi connectivity index (χ0) is 23.6. The van der Waals surface area contributed by atoms with Crippen LogP contribution in [0.5, 0.6) is 0 Å². The summed E-state index contributed by atoms with van der Waals surface area (Å²) in [5, 5.41) is 12.7. The predicted molar refractivity (Wildman–Crippen MR) is 111 cm³/mol. The van der Waals surface area contributed by atoms with Crippen LogP contribution in [0.2, 0.25) is 10.0 Å². The van der Waals surface area contributed by atoms with E-state index >= 15 is 0 Å². The van der Waals surface area contributed by atoms with E-state index in [1.54, 1.807) is 0 Å². The van der Waals surface area contributed by atoms with Crippen LogP contribution >= 0.6 is 23.2 Å². The quantitative estimate of drug-likeness (QED) is 0.353. The van der Waals surface area contributed by atoms with Gasteiger partial charge in [-0.15, -0.1) is 0 Å². The molecule has 1 aromatic heterocycles. The van der Waals surface area contributed by atoms with Gasteiger partial charge < -0.3 is 5.32 Å². The number of nitrogens with zero attached hydrogens (tertiary/aromatic N) is 2. The number of aromatic nitrogens is 1. The Labute approximate surface area is 190 Å². The Morgan fingerprint density at radius 1 is 1.06 bits per heavy atom. The van der Waals surface area contributed by atoms with Crippen molar-refractivity contribution in [2.75, 3.05) is 5.32 Å². The number of nitro groups is 1. The van der Waals surface area contributed by atoms with Gasteiger partial charge in [-0.2, -0.15) is 13.2 Å². The number of hydrogen-bond donors (Lipinski definition) is 1. The van der Waals surface area contributed by atoms with Crippen molar-refractivity contribution in [3.8, 4) is 0 Å². The Balaban J connectivity index is 1.78. The van der Waals surface area contributed by atoms with E-state index in [1.165, 1.54) is 30.3 Å². The maximum atomic E-state index is 12.7. The zero-order valence-corrected chi connectivity index (χ0v) is 17.8. The third kappa shape index (κ3) is 5.23. The molecule has 1 unspecified atom stereocenters. The average molecular weight is 504 g/mol. The highest BCUT2D eigenvalue weighted by Crippen LogP contribution is 2.33. The number of pyridine rings is 1. The fraction of sp³-hybridized carbons (Fsp3) is 0.0526. The summed E-state index contributed by atoms with van der Waals surface area (Å²) in [6, 6.07) is 9.53. The second kappa shape index (κ2) is 9.23. The van der Waals surface area contributed by atoms with E-state index in [2.05, 4.69) is 10.3 Å². The van der Waals surface area contributed by atoms with Crippen LogP contribution in [0.3, 0.4) is 0 Å². The first-order valence-corrected chi connectivity index (χ1v) is 10.4. The van der Waals surface area contributed by atoms with Crippen molar-refractivity contribution in [1.29, 1.82) is 0 Å². The topological polar surface area (TPSA) is 102 Å². The molecule has 1 N–H and O–H groups in total. The lowest BCUT2D eigenvalue weighted by Crippen LogP contribution is -2.13. The highest BCUT2D eigenvalue weighted by molar-refractivity contribution is 7.85. The molecule has 0 radical (unpaired) electrons. The van der Waals surface area contributed by atoms with Crippen LogP contribution < -0.4 is 5.32 Å². The van der Waals surface area contributed by atoms with E-state index in [4.69, 9.17) is 23.2 Å². The van der Waals surface area contributed by atoms with Crippen LogP contribution in [-0.2, 0) is 17.0 Å². The van der Waals surface area contributed by atoms with E-state index in [-0.39, 0.29) is 31.9 Å². The summed E-state index contributed by atoms with van der Waals surface area (Å²) in [4.78, 5) is 26.4. The maximum Gasteiger partial charge on any atom is 0.417 e. The summed E-state index contributed by atoms with van der Waals surface area (Å²) in [6.07, 6.45) is -4.10. The summed E-state index contributed by atoms with van der Waals surface area (Å²) < 4.78 is 50.8. The number of halogens is 5. The molecule has 0 spiro atoms. The summed E-state index contributed by atoms with van der Waals surface area (Å²) in [6.45, 7) is 0. The Bertz CT molecular complexity index is 1240. The lowest BCUT2D eigenvalue weighted by atomic mass is 10.2. The number of nitrogens with one attached hydrogen (secondary N) is 1. The van der Waals surface area contributed by atoms with Crippen LogP contribution in [-0.4, -0.2) is 20.0 Å². The van der Waals surface area contributed by atoms with Gasteiger partial charge in [-0.25, -0.2) is 9.19 Å². The molecule has 0 saturated heterocycles. The molecule has 0 fully saturated rings. The molecule has 3 aromatic rings. The van der Waals surface area contributed by atoms with Crippen molar-refractivity contribution < 1.29 is 27.1 Å². The second-order valence-electron chi connectivity index (χ2n) is 6.18. The molecule has 0 aliphatic rings. The van der Waals surface area contributed by atoms with Crippen LogP contribution in [0.25, 0.3) is 0 Å². The minimum absolute atomic E-state index is 0.00819. The largest absolute Gasteiger partial charge is 0.417 e. The molecule has 1 atom stereocenters. The highest BCUT2D eigenvalue weighted by atomic mass is 35.5. The SMILES string of the molecule is O=C(Nc1ccc(S(=O)c2ncc(C(F)(F)F)cc2Cl)cc1)c1cc([N+](=O)[O-])ccc1Cl. The van der Waals surface area contributed by atoms with Crippen LogP contribution in [0, 0.1) is 10.1 Å². The highest BCUT2D eigenvalue weighted by Gasteiger charge is 2.32. The van der Waals surface area contributed by atoms with Gasteiger partial charge in [-0.3, -0.25) is 14.9 Å². The summed E-state index contributed by atoms with van der Waals surface area (Å²) in [7, 11) is -1.98. The molecule has 3 rings (SSSR count). The van der Waals surface area contributed by atoms with Gasteiger partial charge in [-0.1, -0.05) is 23.2 Å². The minimum atomic E-state index is -4.64. The first-order valence-electron chi connectivity index (χ1n) is 8.47. The molecule has 0 aliphatic heterocycles. The van der Waals surface area contributed by atoms with Crippen LogP contribution in [0.1, 0.15) is 15.9 Å². The first-order chi connectivity index (χ1) is 15.0. The number of non-ortho nitro benzene ring substituents is 1. The number of hydrogen-bond acceptors (Lipinski definition) is 5. The lowest BCUT2D eigenvalue weighted by molar-refractivity contribution is -0.384. The molecule has 2 aromatic carbocycles. The molecule has 1 heterocycles. The third-order valence-electron chi connectivity index (χ3n) is 4.04. The van der Waals surface area contributed by atoms with Crippen molar-refractivity contribution in [3.05, 3.63) is 86.0 Å². The first kappa shape index (κ1) is 23.6. The normalized spacial score (nSPS) is 12.3. The molecule has 1 amide bonds. The van der Waals surface area contributed by atoms with Crippen LogP contribution in [0.15, 0.2) is 64.6 Å². The number of anilines is 1. The fourth-order valence-corrected chi connectivity index (χ4v) is 4.06. The van der Waals surface area contributed by atoms with Gasteiger partial charge in [0.1, 0.15) is 10.8 Å². The molecule has 0 aliphatic carbocycles. The molecule has 7 nitrogen and oxygen atoms in total. The van der Waals surface area contributed by atoms with Gasteiger partial charge in [-0.05, 0) is 36.4 Å². The van der Waals surface area contributed by atoms with Crippen molar-refractivity contribution in [1.82, 2.24) is 4.98 Å². The van der Waals surface area contributed by atoms with Gasteiger partial charge in [0.25, 0.3) is 11.6 Å². The number of carbonyl (C=O) groups excluding carboxylic acids is 1. The van der Waals surface area contributed by atoms with E-state index in [9.17, 15) is 32.3 Å². The van der Waals surface area contributed by atoms with E-state index in [1.807, 2.05) is 0 Å². The summed E-state index contributed by atoms with van der Waals surface area (Å²) in [5.74, 6) is -0.708. The Kier molecular flexibility index (Phi) is 6.82. The van der Waals surface area contributed by atoms with Crippen molar-refractivity contribution in [3.63, 3.8) is 0 Å². The standard InChI is InChI=1S/C19H10Cl2F3N3O4S/c20-15-6-3-12(27(29)30)8-14(15)17(28)26-11-1-4-13(5-2-11)32(31)18-16(21)7-10(9-25-18)19(22,23)24/h1-9H,(H,26,28). The summed E-state index contributed by atoms with van der Waals surface area (Å²) >= 11 is 11.8. The van der Waals surface area contributed by atoms with Gasteiger partial charge in [0.2, 0.25) is 0 Å². The fourth-order valence-electron chi connectivity index (χ4n) is 2.49. The average Bonchev–Trinajstić information content (AvgIpc) is 2.73. The number of rotatable bonds is 5. The number of benzene rings is 2. The summed E-state index contributed by atoms with van der Waals surface area (Å²) in [5.41, 5.74) is -1.24. The molecular formula is C19H10Cl2F3N3O4S. The van der Waals surface area contributed by atoms with E-state index in [0.717, 1.165) is 12.1 Å². The molecular weight excluding hydrogens is 494 g/mol. The molecule has 0 bridgehead atoms. The van der Waals surface area contributed by atoms with Gasteiger partial charge in [0, 0.05) is 28.9 Å². The lowest BCUT2D eigenvalue weighted by Gasteiger charge is -2.10. The smallest absolute Gasteiger partial charge is 0.322 e. The van der Waals surface area contributed by atoms with Crippen molar-refractivity contribution >= 4 is 51.3 Å². The van der Waals surface area contributed by atoms with Gasteiger partial charge in [0.05, 0.1) is 26.1 Å². The van der Waals surface area contributed by atoms with Gasteiger partial charge >= 0.3 is 6.18 Å². The minimum Gasteiger partial charge on any atom is -0.322 e. The van der Waals surface area contributed by atoms with E-state index in [0.29, 0.717) is 12.3 Å². The number of amides is 1. The van der Waals surface area contributed by atoms with Crippen molar-refractivity contribution in [2.45, 2.75) is 16.1 Å². The third-order valence-corrected chi connectivity index (χ3v) is 6.15. The second-order valence-corrected chi connectivity index (χ2v) is 8.39. The molecule has 166 valence electrons. The number of carbonyl (C=O) groups is 1. The van der Waals surface area contributed by atoms with E-state index < -0.39 is 38.4 Å². The van der Waals surface area contributed by atoms with Gasteiger partial charge in [0.15, 0.2) is 5.03 Å². The molecule has 13 heteroatoms. The van der Waals surface area contributed by atoms with Crippen LogP contribution in [0.4, 0.5) is 24.5 Å². The Morgan fingerprint density at radius 2 is 1.72 bits per heavy atom. The monoisotopic (exact) mass is 503 g/mol. The Hall–Kier alpha value is -3.02.